The van der Waals surface area contributed by atoms with Crippen molar-refractivity contribution in [2.75, 3.05) is 13.7 Å². The summed E-state index contributed by atoms with van der Waals surface area (Å²) >= 11 is 0. The fraction of sp³-hybridized carbons (Fsp3) is 0.857. The van der Waals surface area contributed by atoms with Crippen molar-refractivity contribution < 1.29 is 14.6 Å². The third-order valence-electron chi connectivity index (χ3n) is 1.91. The van der Waals surface area contributed by atoms with E-state index in [4.69, 9.17) is 4.74 Å². The highest BCUT2D eigenvalue weighted by Crippen LogP contribution is 2.17. The number of methoxy groups -OCH3 is 1. The van der Waals surface area contributed by atoms with Gasteiger partial charge in [0.15, 0.2) is 0 Å². The van der Waals surface area contributed by atoms with Gasteiger partial charge in [-0.3, -0.25) is 4.79 Å². The van der Waals surface area contributed by atoms with Crippen molar-refractivity contribution in [3.05, 3.63) is 0 Å². The number of aliphatic hydroxyl groups excluding tert-OH is 1. The average molecular weight is 159 g/mol. The van der Waals surface area contributed by atoms with Gasteiger partial charge in [-0.2, -0.15) is 0 Å². The second kappa shape index (κ2) is 3.19. The number of nitrogens with zero attached hydrogens (tertiary/aromatic N) is 1. The molecule has 1 rings (SSSR count). The Labute approximate surface area is 65.8 Å². The summed E-state index contributed by atoms with van der Waals surface area (Å²) < 4.78 is 5.00. The number of aliphatic hydroxyl groups is 1. The number of carbonyl (C=O) groups is 1. The predicted octanol–water partition coefficient (Wildman–Crippen LogP) is -0.428. The number of rotatable bonds is 1. The minimum absolute atomic E-state index is 0.0478. The second-order valence-corrected chi connectivity index (χ2v) is 2.75. The van der Waals surface area contributed by atoms with Gasteiger partial charge in [-0.05, 0) is 0 Å². The lowest BCUT2D eigenvalue weighted by Crippen LogP contribution is -2.35. The molecule has 0 saturated carbocycles. The van der Waals surface area contributed by atoms with Crippen LogP contribution in [0.25, 0.3) is 0 Å². The first kappa shape index (κ1) is 8.49. The summed E-state index contributed by atoms with van der Waals surface area (Å²) in [5.74, 6) is -0.0478. The molecule has 64 valence electrons. The molecule has 4 nitrogen and oxygen atoms in total. The highest BCUT2D eigenvalue weighted by Gasteiger charge is 2.32. The molecule has 11 heavy (non-hydrogen) atoms. The van der Waals surface area contributed by atoms with Gasteiger partial charge >= 0.3 is 0 Å². The maximum atomic E-state index is 10.9. The Morgan fingerprint density at radius 2 is 2.36 bits per heavy atom. The van der Waals surface area contributed by atoms with Crippen LogP contribution in [0.5, 0.6) is 0 Å². The van der Waals surface area contributed by atoms with Crippen LogP contribution in [-0.2, 0) is 9.53 Å². The number of hydrogen-bond acceptors (Lipinski definition) is 3. The van der Waals surface area contributed by atoms with E-state index in [1.54, 1.807) is 7.11 Å². The number of carbonyl (C=O) groups excluding carboxylic acids is 1. The van der Waals surface area contributed by atoms with E-state index in [0.29, 0.717) is 13.0 Å². The molecular formula is C7H13NO3. The summed E-state index contributed by atoms with van der Waals surface area (Å²) in [5, 5.41) is 9.18. The van der Waals surface area contributed by atoms with Crippen molar-refractivity contribution in [2.45, 2.75) is 25.7 Å². The Morgan fingerprint density at radius 3 is 2.73 bits per heavy atom. The van der Waals surface area contributed by atoms with Crippen LogP contribution in [0.15, 0.2) is 0 Å². The molecule has 0 aromatic heterocycles. The first-order valence-corrected chi connectivity index (χ1v) is 3.63. The lowest BCUT2D eigenvalue weighted by molar-refractivity contribution is -0.137. The van der Waals surface area contributed by atoms with Gasteiger partial charge in [0.1, 0.15) is 6.23 Å². The van der Waals surface area contributed by atoms with Crippen LogP contribution in [0.3, 0.4) is 0 Å². The molecule has 1 aliphatic heterocycles. The van der Waals surface area contributed by atoms with E-state index in [1.165, 1.54) is 11.8 Å². The minimum Gasteiger partial charge on any atom is -0.391 e. The lowest BCUT2D eigenvalue weighted by atomic mass is 10.3. The topological polar surface area (TPSA) is 49.8 Å². The van der Waals surface area contributed by atoms with Gasteiger partial charge in [-0.1, -0.05) is 0 Å². The van der Waals surface area contributed by atoms with Crippen LogP contribution in [0.4, 0.5) is 0 Å². The zero-order chi connectivity index (χ0) is 8.43. The summed E-state index contributed by atoms with van der Waals surface area (Å²) in [4.78, 5) is 12.4. The highest BCUT2D eigenvalue weighted by molar-refractivity contribution is 5.73. The molecule has 0 aromatic carbocycles. The van der Waals surface area contributed by atoms with E-state index >= 15 is 0 Å². The van der Waals surface area contributed by atoms with Gasteiger partial charge < -0.3 is 14.7 Å². The molecule has 1 heterocycles. The SMILES string of the molecule is CO[C@H]1C[C@@H](O)CN1C(C)=O. The normalized spacial score (nSPS) is 31.0. The Balaban J connectivity index is 2.57. The Hall–Kier alpha value is -0.610. The zero-order valence-corrected chi connectivity index (χ0v) is 6.78. The molecule has 2 atom stereocenters. The van der Waals surface area contributed by atoms with Gasteiger partial charge in [-0.15, -0.1) is 0 Å². The van der Waals surface area contributed by atoms with Crippen molar-refractivity contribution >= 4 is 5.91 Å². The van der Waals surface area contributed by atoms with Crippen LogP contribution in [0.2, 0.25) is 0 Å². The third kappa shape index (κ3) is 1.70. The summed E-state index contributed by atoms with van der Waals surface area (Å²) in [6.45, 7) is 1.87. The van der Waals surface area contributed by atoms with E-state index in [0.717, 1.165) is 0 Å². The van der Waals surface area contributed by atoms with Crippen LogP contribution in [0, 0.1) is 0 Å². The van der Waals surface area contributed by atoms with Gasteiger partial charge in [0, 0.05) is 27.0 Å². The van der Waals surface area contributed by atoms with Crippen LogP contribution in [0.1, 0.15) is 13.3 Å². The molecule has 1 aliphatic rings. The standard InChI is InChI=1S/C7H13NO3/c1-5(9)8-4-6(10)3-7(8)11-2/h6-7,10H,3-4H2,1-2H3/t6-,7+/m1/s1. The monoisotopic (exact) mass is 159 g/mol. The number of likely N-dealkylation sites (tertiary alicyclic amines) is 1. The quantitative estimate of drug-likeness (QED) is 0.565. The van der Waals surface area contributed by atoms with Gasteiger partial charge in [0.2, 0.25) is 5.91 Å². The maximum absolute atomic E-state index is 10.9. The van der Waals surface area contributed by atoms with E-state index in [2.05, 4.69) is 0 Å². The van der Waals surface area contributed by atoms with Crippen molar-refractivity contribution in [3.8, 4) is 0 Å². The van der Waals surface area contributed by atoms with E-state index in [1.807, 2.05) is 0 Å². The zero-order valence-electron chi connectivity index (χ0n) is 6.78. The number of amides is 1. The second-order valence-electron chi connectivity index (χ2n) is 2.75. The molecule has 1 N–H and O–H groups in total. The van der Waals surface area contributed by atoms with Crippen LogP contribution in [-0.4, -0.2) is 41.9 Å². The third-order valence-corrected chi connectivity index (χ3v) is 1.91. The first-order valence-electron chi connectivity index (χ1n) is 3.63. The largest absolute Gasteiger partial charge is 0.391 e. The van der Waals surface area contributed by atoms with E-state index in [9.17, 15) is 9.90 Å². The Bertz CT molecular complexity index is 160. The van der Waals surface area contributed by atoms with Crippen molar-refractivity contribution in [1.29, 1.82) is 0 Å². The van der Waals surface area contributed by atoms with Crippen molar-refractivity contribution in [1.82, 2.24) is 4.90 Å². The van der Waals surface area contributed by atoms with E-state index in [-0.39, 0.29) is 12.1 Å². The molecule has 4 heteroatoms. The van der Waals surface area contributed by atoms with Crippen molar-refractivity contribution in [2.24, 2.45) is 0 Å². The van der Waals surface area contributed by atoms with Gasteiger partial charge in [0.05, 0.1) is 6.10 Å². The molecule has 0 radical (unpaired) electrons. The van der Waals surface area contributed by atoms with Crippen LogP contribution < -0.4 is 0 Å². The van der Waals surface area contributed by atoms with E-state index < -0.39 is 6.10 Å². The first-order chi connectivity index (χ1) is 5.15. The molecular weight excluding hydrogens is 146 g/mol. The Kier molecular flexibility index (Phi) is 2.46. The number of β-amino-alcohol motifs (C(OH)–C–C–N with tert-alkyl or cyclic N) is 1. The average Bonchev–Trinajstić information content (AvgIpc) is 2.30. The highest BCUT2D eigenvalue weighted by atomic mass is 16.5. The minimum atomic E-state index is -0.427. The van der Waals surface area contributed by atoms with Gasteiger partial charge in [-0.25, -0.2) is 0 Å². The summed E-state index contributed by atoms with van der Waals surface area (Å²) in [5.41, 5.74) is 0. The molecule has 1 saturated heterocycles. The van der Waals surface area contributed by atoms with Gasteiger partial charge in [0.25, 0.3) is 0 Å². The summed E-state index contributed by atoms with van der Waals surface area (Å²) in [7, 11) is 1.54. The van der Waals surface area contributed by atoms with Crippen LogP contribution >= 0.6 is 0 Å². The Morgan fingerprint density at radius 1 is 1.73 bits per heavy atom. The van der Waals surface area contributed by atoms with Crippen molar-refractivity contribution in [3.63, 3.8) is 0 Å². The lowest BCUT2D eigenvalue weighted by Gasteiger charge is -2.20. The fourth-order valence-corrected chi connectivity index (χ4v) is 1.33. The summed E-state index contributed by atoms with van der Waals surface area (Å²) in [6, 6.07) is 0. The smallest absolute Gasteiger partial charge is 0.221 e. The molecule has 0 unspecified atom stereocenters. The number of hydrogen-bond donors (Lipinski definition) is 1. The molecule has 0 bridgehead atoms. The molecule has 0 aliphatic carbocycles. The maximum Gasteiger partial charge on any atom is 0.221 e. The molecule has 0 spiro atoms. The summed E-state index contributed by atoms with van der Waals surface area (Å²) in [6.07, 6.45) is -0.137. The molecule has 1 fully saturated rings. The number of ether oxygens (including phenoxy) is 1. The predicted molar refractivity (Wildman–Crippen MR) is 38.8 cm³/mol. The molecule has 1 amide bonds. The molecule has 0 aromatic rings. The fourth-order valence-electron chi connectivity index (χ4n) is 1.33.